The summed E-state index contributed by atoms with van der Waals surface area (Å²) in [6, 6.07) is 13.3. The Morgan fingerprint density at radius 2 is 1.73 bits per heavy atom. The van der Waals surface area contributed by atoms with Crippen LogP contribution in [0.15, 0.2) is 48.5 Å². The first-order valence-corrected chi connectivity index (χ1v) is 7.97. The molecule has 2 nitrogen and oxygen atoms in total. The van der Waals surface area contributed by atoms with Crippen LogP contribution in [-0.2, 0) is 6.42 Å². The first-order valence-electron chi connectivity index (χ1n) is 7.97. The van der Waals surface area contributed by atoms with Gasteiger partial charge in [-0.15, -0.1) is 0 Å². The summed E-state index contributed by atoms with van der Waals surface area (Å²) in [4.78, 5) is 0. The van der Waals surface area contributed by atoms with Gasteiger partial charge in [0.25, 0.3) is 0 Å². The highest BCUT2D eigenvalue weighted by Gasteiger charge is 2.18. The lowest BCUT2D eigenvalue weighted by Gasteiger charge is -2.23. The van der Waals surface area contributed by atoms with E-state index >= 15 is 0 Å². The van der Waals surface area contributed by atoms with E-state index in [4.69, 9.17) is 0 Å². The first-order chi connectivity index (χ1) is 10.7. The third-order valence-corrected chi connectivity index (χ3v) is 4.59. The minimum Gasteiger partial charge on any atom is -0.508 e. The minimum atomic E-state index is 0.326. The second-order valence-corrected chi connectivity index (χ2v) is 5.99. The van der Waals surface area contributed by atoms with Gasteiger partial charge in [0, 0.05) is 0 Å². The fourth-order valence-electron chi connectivity index (χ4n) is 3.31. The van der Waals surface area contributed by atoms with E-state index in [9.17, 15) is 10.2 Å². The highest BCUT2D eigenvalue weighted by Crippen LogP contribution is 2.37. The van der Waals surface area contributed by atoms with Crippen LogP contribution in [0, 0.1) is 0 Å². The molecule has 0 radical (unpaired) electrons. The molecule has 0 aromatic heterocycles. The molecule has 1 atom stereocenters. The van der Waals surface area contributed by atoms with Crippen molar-refractivity contribution < 1.29 is 10.2 Å². The summed E-state index contributed by atoms with van der Waals surface area (Å²) in [6.45, 7) is 2.13. The molecule has 3 rings (SSSR count). The molecule has 0 saturated heterocycles. The van der Waals surface area contributed by atoms with Crippen LogP contribution in [0.4, 0.5) is 0 Å². The van der Waals surface area contributed by atoms with Crippen LogP contribution in [0.2, 0.25) is 0 Å². The van der Waals surface area contributed by atoms with Gasteiger partial charge in [-0.25, -0.2) is 0 Å². The van der Waals surface area contributed by atoms with E-state index in [1.165, 1.54) is 22.3 Å². The van der Waals surface area contributed by atoms with Gasteiger partial charge in [0.1, 0.15) is 11.5 Å². The zero-order valence-electron chi connectivity index (χ0n) is 12.9. The maximum Gasteiger partial charge on any atom is 0.115 e. The number of benzene rings is 2. The third-order valence-electron chi connectivity index (χ3n) is 4.59. The van der Waals surface area contributed by atoms with Gasteiger partial charge in [-0.05, 0) is 78.1 Å². The summed E-state index contributed by atoms with van der Waals surface area (Å²) in [6.07, 6.45) is 6.49. The number of phenolic OH excluding ortho intramolecular Hbond substituents is 2. The standard InChI is InChI=1S/C20H22O2/c1-2-14-13-19(22)11-12-20(14)17-5-3-15(4-6-17)16-7-9-18(21)10-8-16/h5,7-13,15,21-22H,2-4,6H2,1H3. The smallest absolute Gasteiger partial charge is 0.115 e. The van der Waals surface area contributed by atoms with E-state index in [1.807, 2.05) is 24.3 Å². The maximum atomic E-state index is 9.64. The molecule has 2 aromatic rings. The van der Waals surface area contributed by atoms with Crippen LogP contribution >= 0.6 is 0 Å². The Hall–Kier alpha value is -2.22. The van der Waals surface area contributed by atoms with Gasteiger partial charge >= 0.3 is 0 Å². The number of allylic oxidation sites excluding steroid dienone is 2. The quantitative estimate of drug-likeness (QED) is 0.835. The van der Waals surface area contributed by atoms with Gasteiger partial charge in [-0.3, -0.25) is 0 Å². The molecule has 22 heavy (non-hydrogen) atoms. The normalized spacial score (nSPS) is 18.0. The van der Waals surface area contributed by atoms with Crippen LogP contribution in [0.1, 0.15) is 48.8 Å². The molecular weight excluding hydrogens is 272 g/mol. The summed E-state index contributed by atoms with van der Waals surface area (Å²) < 4.78 is 0. The number of rotatable bonds is 3. The molecule has 0 fully saturated rings. The Morgan fingerprint density at radius 3 is 2.36 bits per heavy atom. The molecule has 1 aliphatic carbocycles. The van der Waals surface area contributed by atoms with Gasteiger partial charge in [-0.1, -0.05) is 31.2 Å². The Balaban J connectivity index is 1.80. The van der Waals surface area contributed by atoms with Gasteiger partial charge in [0.2, 0.25) is 0 Å². The van der Waals surface area contributed by atoms with Crippen LogP contribution in [0.5, 0.6) is 11.5 Å². The summed E-state index contributed by atoms with van der Waals surface area (Å²) in [7, 11) is 0. The molecule has 114 valence electrons. The monoisotopic (exact) mass is 294 g/mol. The maximum absolute atomic E-state index is 9.64. The van der Waals surface area contributed by atoms with Crippen LogP contribution in [-0.4, -0.2) is 10.2 Å². The fourth-order valence-corrected chi connectivity index (χ4v) is 3.31. The van der Waals surface area contributed by atoms with Gasteiger partial charge in [0.05, 0.1) is 0 Å². The number of hydrogen-bond acceptors (Lipinski definition) is 2. The lowest BCUT2D eigenvalue weighted by Crippen LogP contribution is -2.05. The zero-order chi connectivity index (χ0) is 15.5. The topological polar surface area (TPSA) is 40.5 Å². The molecular formula is C20H22O2. The summed E-state index contributed by atoms with van der Waals surface area (Å²) in [5, 5.41) is 19.0. The van der Waals surface area contributed by atoms with Crippen molar-refractivity contribution >= 4 is 5.57 Å². The van der Waals surface area contributed by atoms with Crippen molar-refractivity contribution in [2.75, 3.05) is 0 Å². The fraction of sp³-hybridized carbons (Fsp3) is 0.300. The highest BCUT2D eigenvalue weighted by atomic mass is 16.3. The summed E-state index contributed by atoms with van der Waals surface area (Å²) >= 11 is 0. The minimum absolute atomic E-state index is 0.326. The molecule has 1 aliphatic rings. The molecule has 0 amide bonds. The number of aryl methyl sites for hydroxylation is 1. The molecule has 2 aromatic carbocycles. The molecule has 0 spiro atoms. The molecule has 2 heteroatoms. The predicted molar refractivity (Wildman–Crippen MR) is 90.2 cm³/mol. The van der Waals surface area contributed by atoms with E-state index < -0.39 is 0 Å². The van der Waals surface area contributed by atoms with E-state index in [1.54, 1.807) is 18.2 Å². The van der Waals surface area contributed by atoms with Gasteiger partial charge in [0.15, 0.2) is 0 Å². The van der Waals surface area contributed by atoms with E-state index in [0.717, 1.165) is 25.7 Å². The lowest BCUT2D eigenvalue weighted by atomic mass is 9.81. The van der Waals surface area contributed by atoms with Crippen molar-refractivity contribution in [3.8, 4) is 11.5 Å². The molecule has 1 unspecified atom stereocenters. The Kier molecular flexibility index (Phi) is 4.19. The molecule has 0 bridgehead atoms. The summed E-state index contributed by atoms with van der Waals surface area (Å²) in [5.41, 5.74) is 5.19. The van der Waals surface area contributed by atoms with Gasteiger partial charge < -0.3 is 10.2 Å². The Labute approximate surface area is 131 Å². The van der Waals surface area contributed by atoms with Crippen LogP contribution < -0.4 is 0 Å². The van der Waals surface area contributed by atoms with Crippen molar-refractivity contribution in [3.63, 3.8) is 0 Å². The third kappa shape index (κ3) is 3.01. The number of aromatic hydroxyl groups is 2. The van der Waals surface area contributed by atoms with E-state index in [2.05, 4.69) is 13.0 Å². The SMILES string of the molecule is CCc1cc(O)ccc1C1=CCC(c2ccc(O)cc2)CC1. The van der Waals surface area contributed by atoms with Gasteiger partial charge in [-0.2, -0.15) is 0 Å². The molecule has 0 aliphatic heterocycles. The molecule has 0 heterocycles. The number of phenols is 2. The van der Waals surface area contributed by atoms with E-state index in [0.29, 0.717) is 17.4 Å². The van der Waals surface area contributed by atoms with Crippen molar-refractivity contribution in [2.45, 2.75) is 38.5 Å². The second-order valence-electron chi connectivity index (χ2n) is 5.99. The van der Waals surface area contributed by atoms with E-state index in [-0.39, 0.29) is 0 Å². The van der Waals surface area contributed by atoms with Crippen molar-refractivity contribution in [2.24, 2.45) is 0 Å². The van der Waals surface area contributed by atoms with Crippen LogP contribution in [0.25, 0.3) is 5.57 Å². The molecule has 0 saturated carbocycles. The highest BCUT2D eigenvalue weighted by molar-refractivity contribution is 5.70. The average Bonchev–Trinajstić information content (AvgIpc) is 2.56. The predicted octanol–water partition coefficient (Wildman–Crippen LogP) is 5.01. The van der Waals surface area contributed by atoms with Crippen LogP contribution in [0.3, 0.4) is 0 Å². The van der Waals surface area contributed by atoms with Crippen molar-refractivity contribution in [1.29, 1.82) is 0 Å². The largest absolute Gasteiger partial charge is 0.508 e. The average molecular weight is 294 g/mol. The van der Waals surface area contributed by atoms with Crippen molar-refractivity contribution in [1.82, 2.24) is 0 Å². The lowest BCUT2D eigenvalue weighted by molar-refractivity contribution is 0.474. The molecule has 2 N–H and O–H groups in total. The van der Waals surface area contributed by atoms with Crippen molar-refractivity contribution in [3.05, 3.63) is 65.2 Å². The summed E-state index contributed by atoms with van der Waals surface area (Å²) in [5.74, 6) is 1.21. The second kappa shape index (κ2) is 6.27. The first kappa shape index (κ1) is 14.7. The zero-order valence-corrected chi connectivity index (χ0v) is 12.9. The Bertz CT molecular complexity index is 683. The number of hydrogen-bond donors (Lipinski definition) is 2. The Morgan fingerprint density at radius 1 is 1.00 bits per heavy atom.